The smallest absolute Gasteiger partial charge is 0.338 e. The summed E-state index contributed by atoms with van der Waals surface area (Å²) in [6, 6.07) is 2.54. The first kappa shape index (κ1) is 14.8. The molecule has 1 aliphatic carbocycles. The minimum absolute atomic E-state index is 0.0536. The number of aromatic carboxylic acids is 1. The molecule has 2 rings (SSSR count). The zero-order valence-electron chi connectivity index (χ0n) is 11.5. The number of hydrogen-bond donors (Lipinski definition) is 2. The van der Waals surface area contributed by atoms with Gasteiger partial charge in [0, 0.05) is 6.04 Å². The molecule has 0 aromatic heterocycles. The van der Waals surface area contributed by atoms with Gasteiger partial charge in [-0.2, -0.15) is 0 Å². The molecule has 0 amide bonds. The van der Waals surface area contributed by atoms with Crippen LogP contribution in [0.3, 0.4) is 0 Å². The van der Waals surface area contributed by atoms with Gasteiger partial charge in [0.15, 0.2) is 11.6 Å². The number of carboxylic acid groups (broad SMARTS) is 1. The summed E-state index contributed by atoms with van der Waals surface area (Å²) >= 11 is 0. The second-order valence-corrected chi connectivity index (χ2v) is 5.30. The van der Waals surface area contributed by atoms with Crippen LogP contribution in [0.4, 0.5) is 14.5 Å². The minimum Gasteiger partial charge on any atom is -0.478 e. The van der Waals surface area contributed by atoms with Crippen molar-refractivity contribution in [2.24, 2.45) is 5.92 Å². The van der Waals surface area contributed by atoms with Crippen molar-refractivity contribution in [3.05, 3.63) is 29.3 Å². The number of anilines is 1. The van der Waals surface area contributed by atoms with Crippen LogP contribution < -0.4 is 5.32 Å². The van der Waals surface area contributed by atoms with Gasteiger partial charge in [-0.15, -0.1) is 0 Å². The Kier molecular flexibility index (Phi) is 4.57. The van der Waals surface area contributed by atoms with Gasteiger partial charge in [-0.3, -0.25) is 0 Å². The normalized spacial score (nSPS) is 22.6. The predicted octanol–water partition coefficient (Wildman–Crippen LogP) is 4.04. The molecule has 0 heterocycles. The van der Waals surface area contributed by atoms with Crippen LogP contribution in [0, 0.1) is 17.6 Å². The molecule has 0 bridgehead atoms. The van der Waals surface area contributed by atoms with Crippen molar-refractivity contribution in [3.8, 4) is 0 Å². The average Bonchev–Trinajstić information content (AvgIpc) is 2.44. The highest BCUT2D eigenvalue weighted by atomic mass is 19.2. The molecule has 2 N–H and O–H groups in total. The van der Waals surface area contributed by atoms with Crippen molar-refractivity contribution < 1.29 is 18.7 Å². The number of nitrogens with one attached hydrogen (secondary N) is 1. The third kappa shape index (κ3) is 2.92. The van der Waals surface area contributed by atoms with Gasteiger partial charge in [0.05, 0.1) is 11.3 Å². The Morgan fingerprint density at radius 2 is 2.00 bits per heavy atom. The molecule has 0 spiro atoms. The molecule has 5 heteroatoms. The molecule has 0 radical (unpaired) electrons. The maximum Gasteiger partial charge on any atom is 0.338 e. The van der Waals surface area contributed by atoms with Gasteiger partial charge in [0.1, 0.15) is 0 Å². The maximum atomic E-state index is 13.9. The lowest BCUT2D eigenvalue weighted by Gasteiger charge is -2.32. The summed E-state index contributed by atoms with van der Waals surface area (Å²) in [5, 5.41) is 11.8. The minimum atomic E-state index is -1.46. The van der Waals surface area contributed by atoms with Crippen molar-refractivity contribution in [1.82, 2.24) is 0 Å². The highest BCUT2D eigenvalue weighted by Gasteiger charge is 2.25. The molecule has 20 heavy (non-hydrogen) atoms. The van der Waals surface area contributed by atoms with Crippen molar-refractivity contribution >= 4 is 11.7 Å². The van der Waals surface area contributed by atoms with Gasteiger partial charge in [-0.1, -0.05) is 26.2 Å². The molecular weight excluding hydrogens is 264 g/mol. The lowest BCUT2D eigenvalue weighted by atomic mass is 9.83. The fourth-order valence-corrected chi connectivity index (χ4v) is 2.91. The maximum absolute atomic E-state index is 13.9. The Hall–Kier alpha value is -1.65. The zero-order valence-corrected chi connectivity index (χ0v) is 11.5. The van der Waals surface area contributed by atoms with E-state index in [1.54, 1.807) is 0 Å². The number of carboxylic acids is 1. The summed E-state index contributed by atoms with van der Waals surface area (Å²) in [7, 11) is 0. The topological polar surface area (TPSA) is 49.3 Å². The van der Waals surface area contributed by atoms with E-state index in [0.717, 1.165) is 31.7 Å². The van der Waals surface area contributed by atoms with E-state index in [2.05, 4.69) is 12.2 Å². The highest BCUT2D eigenvalue weighted by molar-refractivity contribution is 5.88. The molecule has 0 aliphatic heterocycles. The predicted molar refractivity (Wildman–Crippen MR) is 73.0 cm³/mol. The zero-order chi connectivity index (χ0) is 14.7. The molecule has 1 fully saturated rings. The van der Waals surface area contributed by atoms with Crippen molar-refractivity contribution in [2.45, 2.75) is 45.1 Å². The van der Waals surface area contributed by atoms with Crippen molar-refractivity contribution in [3.63, 3.8) is 0 Å². The Balaban J connectivity index is 2.21. The Bertz CT molecular complexity index is 505. The van der Waals surface area contributed by atoms with Crippen LogP contribution in [0.15, 0.2) is 12.1 Å². The second-order valence-electron chi connectivity index (χ2n) is 5.30. The Morgan fingerprint density at radius 3 is 2.65 bits per heavy atom. The second kappa shape index (κ2) is 6.20. The first-order chi connectivity index (χ1) is 9.54. The van der Waals surface area contributed by atoms with Gasteiger partial charge in [-0.25, -0.2) is 13.6 Å². The fraction of sp³-hybridized carbons (Fsp3) is 0.533. The summed E-state index contributed by atoms with van der Waals surface area (Å²) in [6.07, 6.45) is 5.26. The molecule has 2 unspecified atom stereocenters. The Labute approximate surface area is 117 Å². The molecule has 1 aromatic rings. The molecule has 1 saturated carbocycles. The van der Waals surface area contributed by atoms with E-state index in [0.29, 0.717) is 5.92 Å². The molecule has 1 aliphatic rings. The van der Waals surface area contributed by atoms with Gasteiger partial charge in [0.2, 0.25) is 0 Å². The lowest BCUT2D eigenvalue weighted by Crippen LogP contribution is -2.32. The summed E-state index contributed by atoms with van der Waals surface area (Å²) in [5.74, 6) is -3.42. The monoisotopic (exact) mass is 283 g/mol. The number of rotatable bonds is 4. The van der Waals surface area contributed by atoms with Crippen LogP contribution >= 0.6 is 0 Å². The third-order valence-electron chi connectivity index (χ3n) is 4.09. The molecule has 1 aromatic carbocycles. The first-order valence-corrected chi connectivity index (χ1v) is 7.02. The molecular formula is C15H19F2NO2. The summed E-state index contributed by atoms with van der Waals surface area (Å²) in [5.41, 5.74) is -0.582. The van der Waals surface area contributed by atoms with Crippen LogP contribution in [0.25, 0.3) is 0 Å². The number of carbonyl (C=O) groups is 1. The lowest BCUT2D eigenvalue weighted by molar-refractivity contribution is 0.0690. The van der Waals surface area contributed by atoms with Crippen LogP contribution in [0.2, 0.25) is 0 Å². The van der Waals surface area contributed by atoms with E-state index in [9.17, 15) is 13.6 Å². The van der Waals surface area contributed by atoms with E-state index in [4.69, 9.17) is 5.11 Å². The van der Waals surface area contributed by atoms with Crippen LogP contribution in [0.1, 0.15) is 49.4 Å². The first-order valence-electron chi connectivity index (χ1n) is 7.02. The van der Waals surface area contributed by atoms with Crippen molar-refractivity contribution in [1.29, 1.82) is 0 Å². The van der Waals surface area contributed by atoms with Crippen molar-refractivity contribution in [2.75, 3.05) is 5.32 Å². The van der Waals surface area contributed by atoms with E-state index in [1.165, 1.54) is 12.5 Å². The number of benzene rings is 1. The third-order valence-corrected chi connectivity index (χ3v) is 4.09. The SMILES string of the molecule is CCC1CCCCC1Nc1ccc(C(=O)O)c(F)c1F. The van der Waals surface area contributed by atoms with Gasteiger partial charge in [0.25, 0.3) is 0 Å². The molecule has 3 nitrogen and oxygen atoms in total. The number of halogens is 2. The van der Waals surface area contributed by atoms with E-state index in [1.807, 2.05) is 0 Å². The summed E-state index contributed by atoms with van der Waals surface area (Å²) in [6.45, 7) is 2.09. The fourth-order valence-electron chi connectivity index (χ4n) is 2.91. The Morgan fingerprint density at radius 1 is 1.30 bits per heavy atom. The van der Waals surface area contributed by atoms with Crippen LogP contribution in [-0.4, -0.2) is 17.1 Å². The molecule has 0 saturated heterocycles. The average molecular weight is 283 g/mol. The van der Waals surface area contributed by atoms with E-state index in [-0.39, 0.29) is 11.7 Å². The van der Waals surface area contributed by atoms with E-state index < -0.39 is 23.2 Å². The van der Waals surface area contributed by atoms with Gasteiger partial charge < -0.3 is 10.4 Å². The molecule has 2 atom stereocenters. The standard InChI is InChI=1S/C15H19F2NO2/c1-2-9-5-3-4-6-11(9)18-12-8-7-10(15(19)20)13(16)14(12)17/h7-9,11,18H,2-6H2,1H3,(H,19,20). The van der Waals surface area contributed by atoms with E-state index >= 15 is 0 Å². The van der Waals surface area contributed by atoms with Crippen LogP contribution in [-0.2, 0) is 0 Å². The number of hydrogen-bond acceptors (Lipinski definition) is 2. The molecule has 110 valence electrons. The van der Waals surface area contributed by atoms with Gasteiger partial charge in [-0.05, 0) is 30.9 Å². The van der Waals surface area contributed by atoms with Gasteiger partial charge >= 0.3 is 5.97 Å². The summed E-state index contributed by atoms with van der Waals surface area (Å²) < 4.78 is 27.6. The van der Waals surface area contributed by atoms with Crippen LogP contribution in [0.5, 0.6) is 0 Å². The summed E-state index contributed by atoms with van der Waals surface area (Å²) in [4.78, 5) is 10.7. The largest absolute Gasteiger partial charge is 0.478 e. The highest BCUT2D eigenvalue weighted by Crippen LogP contribution is 2.31. The quantitative estimate of drug-likeness (QED) is 0.876.